The van der Waals surface area contributed by atoms with E-state index in [-0.39, 0.29) is 11.9 Å². The average molecular weight is 351 g/mol. The van der Waals surface area contributed by atoms with Crippen molar-refractivity contribution in [1.29, 1.82) is 0 Å². The monoisotopic (exact) mass is 351 g/mol. The fraction of sp³-hybridized carbons (Fsp3) is 0.200. The van der Waals surface area contributed by atoms with E-state index < -0.39 is 0 Å². The smallest absolute Gasteiger partial charge is 0.255 e. The summed E-state index contributed by atoms with van der Waals surface area (Å²) in [4.78, 5) is 12.7. The van der Waals surface area contributed by atoms with Crippen molar-refractivity contribution in [2.24, 2.45) is 0 Å². The number of rotatable bonds is 6. The highest BCUT2D eigenvalue weighted by Crippen LogP contribution is 2.25. The number of nitrogens with one attached hydrogen (secondary N) is 2. The highest BCUT2D eigenvalue weighted by molar-refractivity contribution is 6.00. The zero-order valence-corrected chi connectivity index (χ0v) is 14.9. The molecule has 0 saturated carbocycles. The summed E-state index contributed by atoms with van der Waals surface area (Å²) < 4.78 is 10.4. The second-order valence-corrected chi connectivity index (χ2v) is 5.86. The van der Waals surface area contributed by atoms with E-state index in [2.05, 4.69) is 15.5 Å². The number of aromatic amines is 1. The molecule has 0 bridgehead atoms. The van der Waals surface area contributed by atoms with E-state index in [1.165, 1.54) is 6.20 Å². The lowest BCUT2D eigenvalue weighted by Gasteiger charge is -2.15. The number of aromatic nitrogens is 2. The van der Waals surface area contributed by atoms with Crippen molar-refractivity contribution in [1.82, 2.24) is 15.5 Å². The van der Waals surface area contributed by atoms with Gasteiger partial charge in [-0.1, -0.05) is 24.3 Å². The predicted octanol–water partition coefficient (Wildman–Crippen LogP) is 3.58. The number of H-pyrrole nitrogens is 1. The van der Waals surface area contributed by atoms with E-state index in [1.54, 1.807) is 14.2 Å². The number of amides is 1. The van der Waals surface area contributed by atoms with Crippen LogP contribution in [0.15, 0.2) is 54.7 Å². The Labute approximate surface area is 152 Å². The van der Waals surface area contributed by atoms with Crippen molar-refractivity contribution < 1.29 is 14.3 Å². The number of benzene rings is 2. The van der Waals surface area contributed by atoms with E-state index in [0.717, 1.165) is 22.6 Å². The summed E-state index contributed by atoms with van der Waals surface area (Å²) in [5.41, 5.74) is 2.97. The van der Waals surface area contributed by atoms with Crippen LogP contribution in [0.1, 0.15) is 28.9 Å². The molecule has 2 N–H and O–H groups in total. The molecule has 0 aliphatic carbocycles. The Morgan fingerprint density at radius 3 is 2.50 bits per heavy atom. The summed E-state index contributed by atoms with van der Waals surface area (Å²) in [5.74, 6) is 1.30. The Hall–Kier alpha value is -3.28. The first-order valence-electron chi connectivity index (χ1n) is 8.25. The van der Waals surface area contributed by atoms with Crippen LogP contribution < -0.4 is 14.8 Å². The molecular formula is C20H21N3O3. The standard InChI is InChI=1S/C20H21N3O3/c1-13(14-7-9-16(25-2)10-8-14)22-20(24)18-12-21-23-19(18)15-5-4-6-17(11-15)26-3/h4-13H,1-3H3,(H,21,23)(H,22,24)/t13-/m1/s1. The van der Waals surface area contributed by atoms with Gasteiger partial charge in [-0.3, -0.25) is 9.89 Å². The van der Waals surface area contributed by atoms with Gasteiger partial charge in [0, 0.05) is 5.56 Å². The number of carbonyl (C=O) groups is 1. The molecule has 1 atom stereocenters. The van der Waals surface area contributed by atoms with Crippen LogP contribution in [0.4, 0.5) is 0 Å². The first kappa shape index (κ1) is 17.5. The summed E-state index contributed by atoms with van der Waals surface area (Å²) in [7, 11) is 3.23. The Kier molecular flexibility index (Phi) is 5.22. The number of carbonyl (C=O) groups excluding carboxylic acids is 1. The second kappa shape index (κ2) is 7.74. The van der Waals surface area contributed by atoms with Crippen molar-refractivity contribution in [3.8, 4) is 22.8 Å². The summed E-state index contributed by atoms with van der Waals surface area (Å²) in [6, 6.07) is 14.9. The van der Waals surface area contributed by atoms with Gasteiger partial charge >= 0.3 is 0 Å². The lowest BCUT2D eigenvalue weighted by molar-refractivity contribution is 0.0940. The Morgan fingerprint density at radius 1 is 1.08 bits per heavy atom. The van der Waals surface area contributed by atoms with Crippen molar-refractivity contribution in [2.75, 3.05) is 14.2 Å². The predicted molar refractivity (Wildman–Crippen MR) is 99.5 cm³/mol. The number of hydrogen-bond acceptors (Lipinski definition) is 4. The Bertz CT molecular complexity index is 887. The van der Waals surface area contributed by atoms with Gasteiger partial charge in [0.05, 0.1) is 37.7 Å². The van der Waals surface area contributed by atoms with Crippen LogP contribution in [0, 0.1) is 0 Å². The van der Waals surface area contributed by atoms with Gasteiger partial charge in [-0.25, -0.2) is 0 Å². The highest BCUT2D eigenvalue weighted by Gasteiger charge is 2.18. The summed E-state index contributed by atoms with van der Waals surface area (Å²) in [6.45, 7) is 1.94. The van der Waals surface area contributed by atoms with Gasteiger partial charge in [-0.05, 0) is 36.8 Å². The summed E-state index contributed by atoms with van der Waals surface area (Å²) >= 11 is 0. The lowest BCUT2D eigenvalue weighted by Crippen LogP contribution is -2.26. The molecule has 1 heterocycles. The molecule has 3 rings (SSSR count). The Morgan fingerprint density at radius 2 is 1.81 bits per heavy atom. The molecule has 0 aliphatic heterocycles. The molecule has 6 heteroatoms. The van der Waals surface area contributed by atoms with Gasteiger partial charge in [-0.2, -0.15) is 5.10 Å². The molecule has 1 aromatic heterocycles. The van der Waals surface area contributed by atoms with Crippen molar-refractivity contribution in [3.63, 3.8) is 0 Å². The molecule has 6 nitrogen and oxygen atoms in total. The van der Waals surface area contributed by atoms with E-state index in [1.807, 2.05) is 55.5 Å². The van der Waals surface area contributed by atoms with E-state index in [0.29, 0.717) is 11.3 Å². The molecule has 1 amide bonds. The zero-order valence-electron chi connectivity index (χ0n) is 14.9. The van der Waals surface area contributed by atoms with Crippen molar-refractivity contribution in [2.45, 2.75) is 13.0 Å². The SMILES string of the molecule is COc1ccc([C@@H](C)NC(=O)c2cn[nH]c2-c2cccc(OC)c2)cc1. The molecule has 134 valence electrons. The minimum Gasteiger partial charge on any atom is -0.497 e. The van der Waals surface area contributed by atoms with E-state index in [9.17, 15) is 4.79 Å². The van der Waals surface area contributed by atoms with Gasteiger partial charge in [0.25, 0.3) is 5.91 Å². The van der Waals surface area contributed by atoms with Crippen molar-refractivity contribution >= 4 is 5.91 Å². The highest BCUT2D eigenvalue weighted by atomic mass is 16.5. The van der Waals surface area contributed by atoms with Crippen LogP contribution in [0.5, 0.6) is 11.5 Å². The number of hydrogen-bond donors (Lipinski definition) is 2. The van der Waals surface area contributed by atoms with Crippen LogP contribution in [0.3, 0.4) is 0 Å². The third-order valence-corrected chi connectivity index (χ3v) is 4.21. The molecule has 0 fully saturated rings. The van der Waals surface area contributed by atoms with Crippen LogP contribution in [-0.2, 0) is 0 Å². The van der Waals surface area contributed by atoms with Crippen LogP contribution in [0.2, 0.25) is 0 Å². The fourth-order valence-electron chi connectivity index (χ4n) is 2.71. The fourth-order valence-corrected chi connectivity index (χ4v) is 2.71. The molecule has 0 spiro atoms. The Balaban J connectivity index is 1.79. The molecule has 0 unspecified atom stereocenters. The normalized spacial score (nSPS) is 11.7. The third-order valence-electron chi connectivity index (χ3n) is 4.21. The molecule has 0 radical (unpaired) electrons. The quantitative estimate of drug-likeness (QED) is 0.712. The van der Waals surface area contributed by atoms with Crippen LogP contribution >= 0.6 is 0 Å². The molecule has 2 aromatic carbocycles. The molecule has 0 aliphatic rings. The van der Waals surface area contributed by atoms with Crippen LogP contribution in [0.25, 0.3) is 11.3 Å². The minimum atomic E-state index is -0.195. The van der Waals surface area contributed by atoms with Crippen LogP contribution in [-0.4, -0.2) is 30.3 Å². The maximum atomic E-state index is 12.7. The van der Waals surface area contributed by atoms with Gasteiger partial charge in [-0.15, -0.1) is 0 Å². The zero-order chi connectivity index (χ0) is 18.5. The summed E-state index contributed by atoms with van der Waals surface area (Å²) in [6.07, 6.45) is 1.53. The van der Waals surface area contributed by atoms with Gasteiger partial charge in [0.15, 0.2) is 0 Å². The van der Waals surface area contributed by atoms with Gasteiger partial charge < -0.3 is 14.8 Å². The molecule has 26 heavy (non-hydrogen) atoms. The third kappa shape index (κ3) is 3.69. The molecule has 3 aromatic rings. The first-order chi connectivity index (χ1) is 12.6. The number of ether oxygens (including phenoxy) is 2. The average Bonchev–Trinajstić information content (AvgIpc) is 3.18. The largest absolute Gasteiger partial charge is 0.497 e. The maximum absolute atomic E-state index is 12.7. The summed E-state index contributed by atoms with van der Waals surface area (Å²) in [5, 5.41) is 9.94. The maximum Gasteiger partial charge on any atom is 0.255 e. The molecular weight excluding hydrogens is 330 g/mol. The van der Waals surface area contributed by atoms with Gasteiger partial charge in [0.1, 0.15) is 11.5 Å². The number of methoxy groups -OCH3 is 2. The van der Waals surface area contributed by atoms with Crippen molar-refractivity contribution in [3.05, 3.63) is 65.9 Å². The first-order valence-corrected chi connectivity index (χ1v) is 8.25. The second-order valence-electron chi connectivity index (χ2n) is 5.86. The topological polar surface area (TPSA) is 76.2 Å². The van der Waals surface area contributed by atoms with E-state index in [4.69, 9.17) is 9.47 Å². The lowest BCUT2D eigenvalue weighted by atomic mass is 10.1. The minimum absolute atomic E-state index is 0.151. The molecule has 0 saturated heterocycles. The van der Waals surface area contributed by atoms with E-state index >= 15 is 0 Å². The number of nitrogens with zero attached hydrogens (tertiary/aromatic N) is 1. The van der Waals surface area contributed by atoms with Gasteiger partial charge in [0.2, 0.25) is 0 Å².